The third-order valence-electron chi connectivity index (χ3n) is 3.75. The van der Waals surface area contributed by atoms with Crippen molar-refractivity contribution >= 4 is 0 Å². The van der Waals surface area contributed by atoms with E-state index in [9.17, 15) is 0 Å². The van der Waals surface area contributed by atoms with Gasteiger partial charge in [-0.1, -0.05) is 70.6 Å². The maximum Gasteiger partial charge on any atom is 0.123 e. The molecule has 1 N–H and O–H groups in total. The van der Waals surface area contributed by atoms with Crippen LogP contribution < -0.4 is 10.1 Å². The molecule has 120 valence electrons. The van der Waals surface area contributed by atoms with Crippen LogP contribution in [0.1, 0.15) is 70.8 Å². The maximum atomic E-state index is 5.94. The van der Waals surface area contributed by atoms with E-state index >= 15 is 0 Å². The molecule has 0 saturated heterocycles. The van der Waals surface area contributed by atoms with Crippen molar-refractivity contribution in [3.8, 4) is 5.75 Å². The fraction of sp³-hybridized carbons (Fsp3) is 0.684. The molecule has 2 heteroatoms. The third-order valence-corrected chi connectivity index (χ3v) is 3.75. The Balaban J connectivity index is 2.23. The Morgan fingerprint density at radius 3 is 2.33 bits per heavy atom. The fourth-order valence-electron chi connectivity index (χ4n) is 2.40. The summed E-state index contributed by atoms with van der Waals surface area (Å²) in [6.07, 6.45) is 10.3. The highest BCUT2D eigenvalue weighted by Crippen LogP contribution is 2.18. The lowest BCUT2D eigenvalue weighted by Crippen LogP contribution is -2.15. The molecule has 0 aromatic heterocycles. The summed E-state index contributed by atoms with van der Waals surface area (Å²) >= 11 is 0. The second kappa shape index (κ2) is 12.7. The summed E-state index contributed by atoms with van der Waals surface area (Å²) in [6, 6.07) is 8.42. The monoisotopic (exact) mass is 291 g/mol. The molecule has 0 fully saturated rings. The van der Waals surface area contributed by atoms with Gasteiger partial charge >= 0.3 is 0 Å². The van der Waals surface area contributed by atoms with Gasteiger partial charge < -0.3 is 10.1 Å². The topological polar surface area (TPSA) is 21.3 Å². The number of para-hydroxylation sites is 1. The molecule has 21 heavy (non-hydrogen) atoms. The summed E-state index contributed by atoms with van der Waals surface area (Å²) in [5, 5.41) is 3.53. The van der Waals surface area contributed by atoms with Gasteiger partial charge in [-0.3, -0.25) is 0 Å². The van der Waals surface area contributed by atoms with Crippen molar-refractivity contribution in [2.45, 2.75) is 71.8 Å². The van der Waals surface area contributed by atoms with Crippen LogP contribution in [0.3, 0.4) is 0 Å². The van der Waals surface area contributed by atoms with E-state index < -0.39 is 0 Å². The molecule has 0 bridgehead atoms. The zero-order chi connectivity index (χ0) is 15.2. The van der Waals surface area contributed by atoms with E-state index in [0.717, 1.165) is 31.9 Å². The van der Waals surface area contributed by atoms with E-state index in [1.807, 2.05) is 0 Å². The first kappa shape index (κ1) is 18.0. The summed E-state index contributed by atoms with van der Waals surface area (Å²) < 4.78 is 5.94. The fourth-order valence-corrected chi connectivity index (χ4v) is 2.40. The second-order valence-corrected chi connectivity index (χ2v) is 5.75. The largest absolute Gasteiger partial charge is 0.493 e. The second-order valence-electron chi connectivity index (χ2n) is 5.75. The van der Waals surface area contributed by atoms with Crippen molar-refractivity contribution in [2.24, 2.45) is 0 Å². The van der Waals surface area contributed by atoms with Crippen LogP contribution in [-0.2, 0) is 6.54 Å². The predicted octanol–water partition coefficient (Wildman–Crippen LogP) is 5.32. The van der Waals surface area contributed by atoms with Gasteiger partial charge in [-0.2, -0.15) is 0 Å². The summed E-state index contributed by atoms with van der Waals surface area (Å²) in [5.74, 6) is 1.05. The lowest BCUT2D eigenvalue weighted by Gasteiger charge is -2.12. The van der Waals surface area contributed by atoms with Gasteiger partial charge in [0.25, 0.3) is 0 Å². The zero-order valence-corrected chi connectivity index (χ0v) is 14.0. The van der Waals surface area contributed by atoms with Gasteiger partial charge in [-0.15, -0.1) is 0 Å². The van der Waals surface area contributed by atoms with Crippen molar-refractivity contribution in [3.63, 3.8) is 0 Å². The van der Waals surface area contributed by atoms with E-state index in [0.29, 0.717) is 0 Å². The van der Waals surface area contributed by atoms with Crippen LogP contribution >= 0.6 is 0 Å². The highest BCUT2D eigenvalue weighted by molar-refractivity contribution is 5.33. The van der Waals surface area contributed by atoms with Crippen molar-refractivity contribution in [1.29, 1.82) is 0 Å². The maximum absolute atomic E-state index is 5.94. The van der Waals surface area contributed by atoms with Gasteiger partial charge in [0.15, 0.2) is 0 Å². The minimum Gasteiger partial charge on any atom is -0.493 e. The first-order valence-corrected chi connectivity index (χ1v) is 8.80. The summed E-state index contributed by atoms with van der Waals surface area (Å²) in [7, 11) is 0. The van der Waals surface area contributed by atoms with Crippen molar-refractivity contribution in [2.75, 3.05) is 13.2 Å². The first-order valence-electron chi connectivity index (χ1n) is 8.80. The zero-order valence-electron chi connectivity index (χ0n) is 14.0. The van der Waals surface area contributed by atoms with Gasteiger partial charge in [0.2, 0.25) is 0 Å². The summed E-state index contributed by atoms with van der Waals surface area (Å²) in [6.45, 7) is 7.35. The normalized spacial score (nSPS) is 10.8. The van der Waals surface area contributed by atoms with Crippen LogP contribution in [0.25, 0.3) is 0 Å². The molecule has 0 aliphatic heterocycles. The van der Waals surface area contributed by atoms with Crippen molar-refractivity contribution in [3.05, 3.63) is 29.8 Å². The molecule has 0 spiro atoms. The van der Waals surface area contributed by atoms with E-state index in [2.05, 4.69) is 43.4 Å². The SMILES string of the molecule is CCCCCCNCc1ccccc1OCCCCCC. The highest BCUT2D eigenvalue weighted by atomic mass is 16.5. The molecule has 1 rings (SSSR count). The Labute approximate surface area is 131 Å². The molecular formula is C19H33NO. The summed E-state index contributed by atoms with van der Waals surface area (Å²) in [4.78, 5) is 0. The van der Waals surface area contributed by atoms with Gasteiger partial charge in [-0.25, -0.2) is 0 Å². The Hall–Kier alpha value is -1.02. The number of rotatable bonds is 13. The predicted molar refractivity (Wildman–Crippen MR) is 91.9 cm³/mol. The van der Waals surface area contributed by atoms with Gasteiger partial charge in [0.1, 0.15) is 5.75 Å². The van der Waals surface area contributed by atoms with Crippen LogP contribution in [-0.4, -0.2) is 13.2 Å². The average molecular weight is 291 g/mol. The number of ether oxygens (including phenoxy) is 1. The van der Waals surface area contributed by atoms with Crippen molar-refractivity contribution < 1.29 is 4.74 Å². The van der Waals surface area contributed by atoms with Gasteiger partial charge in [0, 0.05) is 12.1 Å². The molecular weight excluding hydrogens is 258 g/mol. The van der Waals surface area contributed by atoms with Gasteiger partial charge in [0.05, 0.1) is 6.61 Å². The number of nitrogens with one attached hydrogen (secondary N) is 1. The van der Waals surface area contributed by atoms with E-state index in [-0.39, 0.29) is 0 Å². The smallest absolute Gasteiger partial charge is 0.123 e. The average Bonchev–Trinajstić information content (AvgIpc) is 2.52. The molecule has 1 aromatic carbocycles. The Morgan fingerprint density at radius 1 is 0.857 bits per heavy atom. The molecule has 0 saturated carbocycles. The minimum atomic E-state index is 0.841. The van der Waals surface area contributed by atoms with E-state index in [1.165, 1.54) is 50.5 Å². The van der Waals surface area contributed by atoms with Crippen LogP contribution in [0.5, 0.6) is 5.75 Å². The number of unbranched alkanes of at least 4 members (excludes halogenated alkanes) is 6. The van der Waals surface area contributed by atoms with Crippen LogP contribution in [0, 0.1) is 0 Å². The van der Waals surface area contributed by atoms with Crippen LogP contribution in [0.2, 0.25) is 0 Å². The lowest BCUT2D eigenvalue weighted by atomic mass is 10.2. The molecule has 0 heterocycles. The Bertz CT molecular complexity index is 351. The standard InChI is InChI=1S/C19H33NO/c1-3-5-7-11-15-20-17-18-13-9-10-14-19(18)21-16-12-8-6-4-2/h9-10,13-14,20H,3-8,11-12,15-17H2,1-2H3. The van der Waals surface area contributed by atoms with Crippen molar-refractivity contribution in [1.82, 2.24) is 5.32 Å². The van der Waals surface area contributed by atoms with E-state index in [1.54, 1.807) is 0 Å². The molecule has 0 atom stereocenters. The van der Waals surface area contributed by atoms with Crippen LogP contribution in [0.4, 0.5) is 0 Å². The minimum absolute atomic E-state index is 0.841. The molecule has 0 aliphatic carbocycles. The molecule has 0 aliphatic rings. The number of benzene rings is 1. The van der Waals surface area contributed by atoms with E-state index in [4.69, 9.17) is 4.74 Å². The Kier molecular flexibility index (Phi) is 10.9. The Morgan fingerprint density at radius 2 is 1.57 bits per heavy atom. The van der Waals surface area contributed by atoms with Gasteiger partial charge in [-0.05, 0) is 25.5 Å². The van der Waals surface area contributed by atoms with Crippen LogP contribution in [0.15, 0.2) is 24.3 Å². The number of hydrogen-bond acceptors (Lipinski definition) is 2. The number of hydrogen-bond donors (Lipinski definition) is 1. The summed E-state index contributed by atoms with van der Waals surface area (Å²) in [5.41, 5.74) is 1.28. The first-order chi connectivity index (χ1) is 10.4. The molecule has 0 unspecified atom stereocenters. The molecule has 0 amide bonds. The quantitative estimate of drug-likeness (QED) is 0.497. The third kappa shape index (κ3) is 8.77. The molecule has 2 nitrogen and oxygen atoms in total. The lowest BCUT2D eigenvalue weighted by molar-refractivity contribution is 0.301. The molecule has 0 radical (unpaired) electrons. The molecule has 1 aromatic rings. The highest BCUT2D eigenvalue weighted by Gasteiger charge is 2.02.